The van der Waals surface area contributed by atoms with Gasteiger partial charge in [0.1, 0.15) is 19.0 Å². The number of carbonyl (C=O) groups excluding carboxylic acids is 2. The zero-order valence-corrected chi connectivity index (χ0v) is 19.3. The van der Waals surface area contributed by atoms with Gasteiger partial charge in [0.05, 0.1) is 10.8 Å². The minimum Gasteiger partial charge on any atom is -0.486 e. The summed E-state index contributed by atoms with van der Waals surface area (Å²) in [6.07, 6.45) is 1.14. The van der Waals surface area contributed by atoms with E-state index in [1.54, 1.807) is 18.2 Å². The summed E-state index contributed by atoms with van der Waals surface area (Å²) in [7, 11) is -3.82. The molecule has 0 unspecified atom stereocenters. The van der Waals surface area contributed by atoms with Gasteiger partial charge in [0, 0.05) is 37.8 Å². The number of ether oxygens (including phenoxy) is 2. The molecule has 1 saturated heterocycles. The number of sulfonamides is 1. The van der Waals surface area contributed by atoms with Gasteiger partial charge in [-0.25, -0.2) is 12.8 Å². The van der Waals surface area contributed by atoms with Crippen LogP contribution >= 0.6 is 0 Å². The van der Waals surface area contributed by atoms with Crippen molar-refractivity contribution >= 4 is 27.5 Å². The molecule has 1 fully saturated rings. The average molecular weight is 492 g/mol. The van der Waals surface area contributed by atoms with Gasteiger partial charge in [-0.05, 0) is 49.2 Å². The Labute approximate surface area is 197 Å². The summed E-state index contributed by atoms with van der Waals surface area (Å²) in [6, 6.07) is 9.74. The summed E-state index contributed by atoms with van der Waals surface area (Å²) in [6.45, 7) is 1.38. The Hall–Kier alpha value is -3.18. The molecule has 0 saturated carbocycles. The van der Waals surface area contributed by atoms with Crippen molar-refractivity contribution in [1.29, 1.82) is 0 Å². The van der Waals surface area contributed by atoms with Gasteiger partial charge in [0.2, 0.25) is 21.8 Å². The van der Waals surface area contributed by atoms with Gasteiger partial charge in [0.15, 0.2) is 11.5 Å². The topological polar surface area (TPSA) is 114 Å². The van der Waals surface area contributed by atoms with E-state index in [1.807, 2.05) is 0 Å². The van der Waals surface area contributed by atoms with E-state index >= 15 is 0 Å². The number of halogens is 1. The summed E-state index contributed by atoms with van der Waals surface area (Å²) < 4.78 is 51.0. The molecule has 0 radical (unpaired) electrons. The summed E-state index contributed by atoms with van der Waals surface area (Å²) in [5.41, 5.74) is 0.564. The molecule has 0 aliphatic carbocycles. The largest absolute Gasteiger partial charge is 0.486 e. The standard InChI is InChI=1S/C23H26FN3O6S/c24-17-3-6-19(7-4-17)34(30,31)27-11-1-2-16(15-27)23(29)25-10-9-22(28)26-18-5-8-20-21(14-18)33-13-12-32-20/h3-8,14,16H,1-2,9-13,15H2,(H,25,29)(H,26,28)/t16-/m1/s1. The van der Waals surface area contributed by atoms with Gasteiger partial charge in [-0.2, -0.15) is 4.31 Å². The lowest BCUT2D eigenvalue weighted by molar-refractivity contribution is -0.126. The van der Waals surface area contributed by atoms with E-state index in [4.69, 9.17) is 9.47 Å². The Balaban J connectivity index is 1.26. The molecule has 1 atom stereocenters. The summed E-state index contributed by atoms with van der Waals surface area (Å²) in [5, 5.41) is 5.48. The monoisotopic (exact) mass is 491 g/mol. The molecule has 0 spiro atoms. The van der Waals surface area contributed by atoms with Crippen LogP contribution in [0.2, 0.25) is 0 Å². The van der Waals surface area contributed by atoms with Crippen LogP contribution in [0.3, 0.4) is 0 Å². The molecule has 0 bridgehead atoms. The molecule has 2 aromatic rings. The highest BCUT2D eigenvalue weighted by Crippen LogP contribution is 2.32. The van der Waals surface area contributed by atoms with Crippen LogP contribution in [0.15, 0.2) is 47.4 Å². The van der Waals surface area contributed by atoms with Crippen molar-refractivity contribution in [3.63, 3.8) is 0 Å². The third-order valence-corrected chi connectivity index (χ3v) is 7.56. The first-order valence-corrected chi connectivity index (χ1v) is 12.5. The molecule has 11 heteroatoms. The van der Waals surface area contributed by atoms with Crippen molar-refractivity contribution in [2.75, 3.05) is 38.2 Å². The average Bonchev–Trinajstić information content (AvgIpc) is 2.84. The lowest BCUT2D eigenvalue weighted by Crippen LogP contribution is -2.45. The number of fused-ring (bicyclic) bond motifs is 1. The minimum absolute atomic E-state index is 0.00855. The second-order valence-electron chi connectivity index (χ2n) is 8.10. The fourth-order valence-electron chi connectivity index (χ4n) is 3.92. The third kappa shape index (κ3) is 5.65. The maximum atomic E-state index is 13.1. The Bertz CT molecular complexity index is 1160. The van der Waals surface area contributed by atoms with Crippen molar-refractivity contribution in [3.05, 3.63) is 48.3 Å². The van der Waals surface area contributed by atoms with Gasteiger partial charge >= 0.3 is 0 Å². The molecule has 9 nitrogen and oxygen atoms in total. The molecule has 4 rings (SSSR count). The normalized spacial score (nSPS) is 18.2. The Morgan fingerprint density at radius 2 is 1.79 bits per heavy atom. The Kier molecular flexibility index (Phi) is 7.32. The van der Waals surface area contributed by atoms with Gasteiger partial charge in [-0.1, -0.05) is 0 Å². The molecule has 34 heavy (non-hydrogen) atoms. The van der Waals surface area contributed by atoms with Crippen LogP contribution in [0.4, 0.5) is 10.1 Å². The van der Waals surface area contributed by atoms with Crippen LogP contribution in [-0.2, 0) is 19.6 Å². The number of carbonyl (C=O) groups is 2. The van der Waals surface area contributed by atoms with E-state index in [2.05, 4.69) is 10.6 Å². The SMILES string of the molecule is O=C(CCNC(=O)[C@@H]1CCCN(S(=O)(=O)c2ccc(F)cc2)C1)Nc1ccc2c(c1)OCCO2. The van der Waals surface area contributed by atoms with E-state index in [0.717, 1.165) is 12.1 Å². The first kappa shape index (κ1) is 24.0. The zero-order valence-electron chi connectivity index (χ0n) is 18.5. The predicted octanol–water partition coefficient (Wildman–Crippen LogP) is 2.14. The molecule has 0 aromatic heterocycles. The number of benzene rings is 2. The molecule has 2 heterocycles. The van der Waals surface area contributed by atoms with Crippen LogP contribution in [-0.4, -0.2) is 57.4 Å². The predicted molar refractivity (Wildman–Crippen MR) is 122 cm³/mol. The Morgan fingerprint density at radius 1 is 1.06 bits per heavy atom. The smallest absolute Gasteiger partial charge is 0.243 e. The van der Waals surface area contributed by atoms with Crippen LogP contribution in [0.25, 0.3) is 0 Å². The van der Waals surface area contributed by atoms with E-state index < -0.39 is 21.8 Å². The third-order valence-electron chi connectivity index (χ3n) is 5.68. The lowest BCUT2D eigenvalue weighted by atomic mass is 9.99. The van der Waals surface area contributed by atoms with Gasteiger partial charge in [-0.15, -0.1) is 0 Å². The van der Waals surface area contributed by atoms with Crippen LogP contribution in [0.1, 0.15) is 19.3 Å². The highest BCUT2D eigenvalue weighted by Gasteiger charge is 2.33. The summed E-state index contributed by atoms with van der Waals surface area (Å²) in [4.78, 5) is 24.9. The van der Waals surface area contributed by atoms with E-state index in [1.165, 1.54) is 16.4 Å². The van der Waals surface area contributed by atoms with Gasteiger partial charge in [0.25, 0.3) is 0 Å². The maximum absolute atomic E-state index is 13.1. The molecule has 2 aliphatic heterocycles. The van der Waals surface area contributed by atoms with Crippen LogP contribution < -0.4 is 20.1 Å². The number of amides is 2. The van der Waals surface area contributed by atoms with Crippen LogP contribution in [0.5, 0.6) is 11.5 Å². The quantitative estimate of drug-likeness (QED) is 0.614. The van der Waals surface area contributed by atoms with E-state index in [0.29, 0.717) is 49.8 Å². The first-order valence-electron chi connectivity index (χ1n) is 11.1. The lowest BCUT2D eigenvalue weighted by Gasteiger charge is -2.31. The number of hydrogen-bond donors (Lipinski definition) is 2. The molecular formula is C23H26FN3O6S. The second-order valence-corrected chi connectivity index (χ2v) is 10.0. The van der Waals surface area contributed by atoms with Crippen molar-refractivity contribution in [3.8, 4) is 11.5 Å². The summed E-state index contributed by atoms with van der Waals surface area (Å²) in [5.74, 6) is -0.431. The Morgan fingerprint density at radius 3 is 2.56 bits per heavy atom. The van der Waals surface area contributed by atoms with Crippen molar-refractivity contribution < 1.29 is 31.9 Å². The minimum atomic E-state index is -3.82. The van der Waals surface area contributed by atoms with Crippen molar-refractivity contribution in [2.45, 2.75) is 24.2 Å². The number of rotatable bonds is 7. The fourth-order valence-corrected chi connectivity index (χ4v) is 5.44. The van der Waals surface area contributed by atoms with Gasteiger partial charge in [-0.3, -0.25) is 9.59 Å². The number of hydrogen-bond acceptors (Lipinski definition) is 6. The zero-order chi connectivity index (χ0) is 24.1. The molecule has 2 aliphatic rings. The molecular weight excluding hydrogens is 465 g/mol. The number of piperidine rings is 1. The first-order chi connectivity index (χ1) is 16.3. The summed E-state index contributed by atoms with van der Waals surface area (Å²) >= 11 is 0. The highest BCUT2D eigenvalue weighted by atomic mass is 32.2. The maximum Gasteiger partial charge on any atom is 0.243 e. The van der Waals surface area contributed by atoms with Crippen LogP contribution in [0, 0.1) is 11.7 Å². The number of nitrogens with zero attached hydrogens (tertiary/aromatic N) is 1. The number of anilines is 1. The second kappa shape index (κ2) is 10.4. The fraction of sp³-hybridized carbons (Fsp3) is 0.391. The van der Waals surface area contributed by atoms with Gasteiger partial charge < -0.3 is 20.1 Å². The van der Waals surface area contributed by atoms with Crippen molar-refractivity contribution in [1.82, 2.24) is 9.62 Å². The van der Waals surface area contributed by atoms with Crippen molar-refractivity contribution in [2.24, 2.45) is 5.92 Å². The van der Waals surface area contributed by atoms with E-state index in [-0.39, 0.29) is 36.2 Å². The highest BCUT2D eigenvalue weighted by molar-refractivity contribution is 7.89. The molecule has 182 valence electrons. The molecule has 2 amide bonds. The van der Waals surface area contributed by atoms with E-state index in [9.17, 15) is 22.4 Å². The molecule has 2 aromatic carbocycles. The number of nitrogens with one attached hydrogen (secondary N) is 2. The molecule has 2 N–H and O–H groups in total.